The first-order valence-electron chi connectivity index (χ1n) is 57.1. The zero-order valence-corrected chi connectivity index (χ0v) is 87.3. The molecule has 768 valence electrons. The lowest BCUT2D eigenvalue weighted by Crippen LogP contribution is -2.33. The molecular weight excluding hydrogens is 1750 g/mol. The van der Waals surface area contributed by atoms with Crippen molar-refractivity contribution < 1.29 is 35.3 Å². The van der Waals surface area contributed by atoms with Crippen LogP contribution < -0.4 is 44.5 Å². The number of unbranched alkanes of at least 4 members (excludes halogenated alkanes) is 48. The summed E-state index contributed by atoms with van der Waals surface area (Å²) in [6, 6.07) is 12.4. The molecule has 13 rings (SSSR count). The van der Waals surface area contributed by atoms with Gasteiger partial charge in [0.2, 0.25) is 0 Å². The summed E-state index contributed by atoms with van der Waals surface area (Å²) >= 11 is 0. The lowest BCUT2D eigenvalue weighted by Gasteiger charge is -2.17. The van der Waals surface area contributed by atoms with Crippen molar-refractivity contribution in [1.29, 1.82) is 0 Å². The number of nitrogens with zero attached hydrogens (tertiary/aromatic N) is 4. The van der Waals surface area contributed by atoms with Crippen LogP contribution in [0.4, 0.5) is 0 Å². The van der Waals surface area contributed by atoms with Crippen LogP contribution in [0.2, 0.25) is 0 Å². The molecule has 1 aliphatic heterocycles. The Morgan fingerprint density at radius 3 is 0.364 bits per heavy atom. The molecule has 1 aliphatic rings. The van der Waals surface area contributed by atoms with Crippen molar-refractivity contribution in [2.24, 2.45) is 23.7 Å². The Balaban J connectivity index is 1.11. The quantitative estimate of drug-likeness (QED) is 0.0321. The first kappa shape index (κ1) is 108. The monoisotopic (exact) mass is 1930 g/mol. The molecule has 4 atom stereocenters. The van der Waals surface area contributed by atoms with E-state index in [0.717, 1.165) is 308 Å². The van der Waals surface area contributed by atoms with Crippen LogP contribution in [-0.2, 0) is 26.2 Å². The van der Waals surface area contributed by atoms with Gasteiger partial charge in [0, 0.05) is 74.7 Å². The molecule has 0 fully saturated rings. The SMILES string of the molecule is CCCCCCCCCCC(CCCCCCCC)Cn1c(=O)c2cc3oc2c2oc(cc2c1=O)=c1cc2c(=O)n(CC(CCCCCCCC)CCCCCCCCCC)c(=O)c4cc(oc4c2o1)=c1cc2c(=O)n(CC(CCCCCCCC)CCCCCCCCCC)c(=O)c4cc(oc4c2o1)=c1cc2c(=O)n(CC(CCCCCCCC)CCCCCCCCCC)c(=O)c4cc=3oc4c2o1. The average Bonchev–Trinajstić information content (AvgIpc) is 1.57. The van der Waals surface area contributed by atoms with E-state index in [1.807, 2.05) is 0 Å². The van der Waals surface area contributed by atoms with Crippen LogP contribution in [0, 0.1) is 67.0 Å². The van der Waals surface area contributed by atoms with Gasteiger partial charge in [0.05, 0.1) is 43.1 Å². The smallest absolute Gasteiger partial charge is 0.264 e. The summed E-state index contributed by atoms with van der Waals surface area (Å²) in [5.41, 5.74) is -5.50. The van der Waals surface area contributed by atoms with Gasteiger partial charge < -0.3 is 35.3 Å². The van der Waals surface area contributed by atoms with Crippen molar-refractivity contribution in [2.75, 3.05) is 0 Å². The lowest BCUT2D eigenvalue weighted by molar-refractivity contribution is 0.351. The highest BCUT2D eigenvalue weighted by Gasteiger charge is 2.29. The molecule has 0 amide bonds. The van der Waals surface area contributed by atoms with Gasteiger partial charge in [0.1, 0.15) is 0 Å². The van der Waals surface area contributed by atoms with E-state index < -0.39 is 44.5 Å². The molecule has 0 spiro atoms. The van der Waals surface area contributed by atoms with Crippen molar-refractivity contribution in [2.45, 2.75) is 493 Å². The molecule has 12 aromatic rings. The third kappa shape index (κ3) is 28.7. The van der Waals surface area contributed by atoms with Gasteiger partial charge in [-0.25, -0.2) is 0 Å². The summed E-state index contributed by atoms with van der Waals surface area (Å²) in [6.07, 6.45) is 68.5. The van der Waals surface area contributed by atoms with E-state index in [2.05, 4.69) is 55.4 Å². The highest BCUT2D eigenvalue weighted by Crippen LogP contribution is 2.36. The molecule has 0 aromatic carbocycles. The van der Waals surface area contributed by atoms with Crippen molar-refractivity contribution in [1.82, 2.24) is 18.3 Å². The van der Waals surface area contributed by atoms with Crippen LogP contribution in [-0.4, -0.2) is 18.3 Å². The van der Waals surface area contributed by atoms with Gasteiger partial charge in [-0.3, -0.25) is 56.6 Å². The number of aromatic nitrogens is 4. The normalized spacial score (nSPS) is 13.2. The van der Waals surface area contributed by atoms with Crippen LogP contribution in [0.3, 0.4) is 0 Å². The van der Waals surface area contributed by atoms with Gasteiger partial charge in [-0.2, -0.15) is 0 Å². The highest BCUT2D eigenvalue weighted by molar-refractivity contribution is 6.02. The van der Waals surface area contributed by atoms with E-state index in [9.17, 15) is 0 Å². The zero-order chi connectivity index (χ0) is 98.5. The van der Waals surface area contributed by atoms with Crippen LogP contribution in [0.1, 0.15) is 466 Å². The molecule has 0 aliphatic carbocycles. The predicted molar refractivity (Wildman–Crippen MR) is 572 cm³/mol. The van der Waals surface area contributed by atoms with Crippen LogP contribution in [0.15, 0.2) is 122 Å². The van der Waals surface area contributed by atoms with Gasteiger partial charge in [0.25, 0.3) is 44.5 Å². The maximum atomic E-state index is 16.2. The maximum absolute atomic E-state index is 16.2. The van der Waals surface area contributed by atoms with Crippen molar-refractivity contribution in [3.05, 3.63) is 175 Å². The van der Waals surface area contributed by atoms with E-state index in [4.69, 9.17) is 35.3 Å². The average molecular weight is 1930 g/mol. The first-order valence-corrected chi connectivity index (χ1v) is 57.1. The Morgan fingerprint density at radius 2 is 0.257 bits per heavy atom. The third-order valence-corrected chi connectivity index (χ3v) is 30.9. The molecule has 0 radical (unpaired) electrons. The highest BCUT2D eigenvalue weighted by atomic mass is 16.4. The van der Waals surface area contributed by atoms with Crippen LogP contribution in [0.25, 0.3) is 87.8 Å². The minimum absolute atomic E-state index is 0.00114. The minimum Gasteiger partial charge on any atom is -0.449 e. The number of fused-ring (bicyclic) bond motifs is 8. The largest absolute Gasteiger partial charge is 0.449 e. The summed E-state index contributed by atoms with van der Waals surface area (Å²) < 4.78 is 61.8. The Bertz CT molecular complexity index is 5760. The number of furan rings is 8. The lowest BCUT2D eigenvalue weighted by atomic mass is 9.93. The zero-order valence-electron chi connectivity index (χ0n) is 87.3. The maximum Gasteiger partial charge on any atom is 0.264 e. The fraction of sp³-hybridized carbons (Fsp3) is 0.667. The number of rotatable bonds is 72. The summed E-state index contributed by atoms with van der Waals surface area (Å²) in [6.45, 7) is 18.2. The fourth-order valence-electron chi connectivity index (χ4n) is 22.4. The number of hydrogen-bond acceptors (Lipinski definition) is 16. The molecule has 20 nitrogen and oxygen atoms in total. The Kier molecular flexibility index (Phi) is 43.8. The standard InChI is InChI=1S/C120H172N4O16/c1-9-17-25-33-41-45-53-61-69-85(65-57-49-37-29-21-13-5)81-121-113(125)89-73-97-99-75-91-107(135-99)109-93(117(129)122(115(91)127)82-86(66-58-50-38-30-22-14-6)70-62-54-46-42-34-26-18-10-2)77-101(137-109)103-79-95-111(139-103)112-96(120(132)124(119(95)131)84-88(68-60-52-40-32-24-16-8)72-64-56-48-44-36-28-20-12-4)80-104(140-112)102-78-94-110(138-102)108-92(76-100(136-108)98-74-90(114(121)126)106(134-98)105(89)133-97)116(128)123(118(94)130)83-87(67-59-51-39-31-23-15-7)71-63-55-47-43-35-27-19-11-3/h73-80,85-88H,9-72,81-84H2,1-8H3. The molecular formula is C120H172N4O16. The van der Waals surface area contributed by atoms with Gasteiger partial charge in [-0.1, -0.05) is 415 Å². The first-order chi connectivity index (χ1) is 68.5. The summed E-state index contributed by atoms with van der Waals surface area (Å²) in [7, 11) is 0. The van der Waals surface area contributed by atoms with Gasteiger partial charge in [-0.15, -0.1) is 0 Å². The molecule has 16 bridgehead atoms. The second kappa shape index (κ2) is 56.7. The van der Waals surface area contributed by atoms with E-state index in [1.54, 1.807) is 48.5 Å². The van der Waals surface area contributed by atoms with Gasteiger partial charge >= 0.3 is 0 Å². The van der Waals surface area contributed by atoms with Crippen LogP contribution in [0.5, 0.6) is 0 Å². The molecule has 0 N–H and O–H groups in total. The topological polar surface area (TPSA) is 261 Å². The fourth-order valence-corrected chi connectivity index (χ4v) is 22.4. The Morgan fingerprint density at radius 1 is 0.157 bits per heavy atom. The summed E-state index contributed by atoms with van der Waals surface area (Å²) in [4.78, 5) is 129. The summed E-state index contributed by atoms with van der Waals surface area (Å²) in [5, 5.41) is 0.00911. The molecule has 0 saturated heterocycles. The van der Waals surface area contributed by atoms with Crippen LogP contribution >= 0.6 is 0 Å². The van der Waals surface area contributed by atoms with E-state index in [-0.39, 0.29) is 181 Å². The van der Waals surface area contributed by atoms with Crippen molar-refractivity contribution in [3.63, 3.8) is 0 Å². The molecule has 12 aromatic heterocycles. The molecule has 0 saturated carbocycles. The van der Waals surface area contributed by atoms with E-state index in [1.165, 1.54) is 121 Å². The second-order valence-corrected chi connectivity index (χ2v) is 42.5. The van der Waals surface area contributed by atoms with Crippen molar-refractivity contribution >= 4 is 87.8 Å². The predicted octanol–water partition coefficient (Wildman–Crippen LogP) is 32.8. The van der Waals surface area contributed by atoms with Gasteiger partial charge in [-0.05, 0) is 75.0 Å². The molecule has 20 heteroatoms. The Hall–Kier alpha value is -9.20. The third-order valence-electron chi connectivity index (χ3n) is 30.9. The summed E-state index contributed by atoms with van der Waals surface area (Å²) in [5.74, 6) is -0.236. The van der Waals surface area contributed by atoms with E-state index in [0.29, 0.717) is 0 Å². The van der Waals surface area contributed by atoms with E-state index >= 15 is 38.4 Å². The number of hydrogen-bond donors (Lipinski definition) is 0. The molecule has 140 heavy (non-hydrogen) atoms. The van der Waals surface area contributed by atoms with Gasteiger partial charge in [0.15, 0.2) is 88.0 Å². The molecule has 13 heterocycles. The van der Waals surface area contributed by atoms with Crippen molar-refractivity contribution in [3.8, 4) is 0 Å². The second-order valence-electron chi connectivity index (χ2n) is 42.5. The Labute approximate surface area is 827 Å². The minimum atomic E-state index is -0.607. The molecule has 4 unspecified atom stereocenters.